The summed E-state index contributed by atoms with van der Waals surface area (Å²) >= 11 is 23.5. The van der Waals surface area contributed by atoms with Crippen LogP contribution in [0.3, 0.4) is 0 Å². The van der Waals surface area contributed by atoms with Crippen molar-refractivity contribution in [3.8, 4) is 0 Å². The molecule has 3 atom stereocenters. The quantitative estimate of drug-likeness (QED) is 0.320. The maximum atomic E-state index is 10.6. The monoisotopic (exact) mass is 412 g/mol. The average molecular weight is 414 g/mol. The normalized spacial score (nSPS) is 25.6. The van der Waals surface area contributed by atoms with Gasteiger partial charge in [-0.25, -0.2) is 0 Å². The molecular weight excluding hydrogens is 394 g/mol. The fourth-order valence-corrected chi connectivity index (χ4v) is 5.41. The van der Waals surface area contributed by atoms with Crippen molar-refractivity contribution < 1.29 is 23.1 Å². The molecule has 0 aliphatic heterocycles. The van der Waals surface area contributed by atoms with E-state index in [4.69, 9.17) is 64.9 Å². The summed E-state index contributed by atoms with van der Waals surface area (Å²) in [6, 6.07) is 0. The Balaban J connectivity index is 3.01. The molecule has 0 aromatic heterocycles. The van der Waals surface area contributed by atoms with E-state index in [0.29, 0.717) is 19.7 Å². The molecule has 5 nitrogen and oxygen atoms in total. The minimum absolute atomic E-state index is 0.312. The molecule has 0 spiro atoms. The Morgan fingerprint density at radius 1 is 1.27 bits per heavy atom. The molecule has 1 aliphatic rings. The third-order valence-corrected chi connectivity index (χ3v) is 6.65. The highest BCUT2D eigenvalue weighted by Crippen LogP contribution is 2.64. The molecule has 0 heterocycles. The van der Waals surface area contributed by atoms with Gasteiger partial charge >= 0.3 is 6.72 Å². The number of carbonyl (C=O) groups excluding carboxylic acids is 1. The number of hydrogen-bond acceptors (Lipinski definition) is 6. The highest BCUT2D eigenvalue weighted by atomic mass is 35.6. The van der Waals surface area contributed by atoms with Crippen LogP contribution in [0.4, 0.5) is 0 Å². The van der Waals surface area contributed by atoms with Gasteiger partial charge in [0.15, 0.2) is 0 Å². The van der Waals surface area contributed by atoms with Gasteiger partial charge in [-0.15, -0.1) is 0 Å². The predicted molar refractivity (Wildman–Crippen MR) is 90.9 cm³/mol. The van der Waals surface area contributed by atoms with Crippen molar-refractivity contribution >= 4 is 59.8 Å². The van der Waals surface area contributed by atoms with Gasteiger partial charge in [0.25, 0.3) is 6.47 Å². The predicted octanol–water partition coefficient (Wildman–Crippen LogP) is 4.24. The summed E-state index contributed by atoms with van der Waals surface area (Å²) in [5.74, 6) is -0.326. The number of carbonyl (C=O) groups is 1. The molecule has 0 saturated heterocycles. The van der Waals surface area contributed by atoms with Crippen LogP contribution in [0.1, 0.15) is 27.7 Å². The van der Waals surface area contributed by atoms with Gasteiger partial charge < -0.3 is 18.3 Å². The molecule has 1 fully saturated rings. The van der Waals surface area contributed by atoms with Gasteiger partial charge in [-0.1, -0.05) is 48.7 Å². The zero-order chi connectivity index (χ0) is 17.2. The molecule has 10 heteroatoms. The molecule has 1 rings (SSSR count). The van der Waals surface area contributed by atoms with Crippen molar-refractivity contribution in [1.29, 1.82) is 0 Å². The van der Waals surface area contributed by atoms with E-state index in [1.807, 2.05) is 13.8 Å². The molecule has 0 amide bonds. The molecule has 0 radical (unpaired) electrons. The first kappa shape index (κ1) is 20.9. The molecule has 0 N–H and O–H groups in total. The van der Waals surface area contributed by atoms with E-state index in [1.54, 1.807) is 13.8 Å². The fraction of sp³-hybridized carbons (Fsp3) is 0.917. The third kappa shape index (κ3) is 4.93. The molecule has 130 valence electrons. The molecule has 3 unspecified atom stereocenters. The van der Waals surface area contributed by atoms with Gasteiger partial charge in [-0.3, -0.25) is 4.79 Å². The zero-order valence-electron chi connectivity index (χ0n) is 12.8. The van der Waals surface area contributed by atoms with Crippen LogP contribution in [0.2, 0.25) is 0 Å². The Hall–Kier alpha value is 0.870. The highest BCUT2D eigenvalue weighted by molar-refractivity contribution is 8.07. The van der Waals surface area contributed by atoms with E-state index in [1.165, 1.54) is 0 Å². The number of rotatable bonds is 9. The van der Waals surface area contributed by atoms with E-state index >= 15 is 0 Å². The Labute approximate surface area is 151 Å². The second-order valence-corrected chi connectivity index (χ2v) is 10.7. The molecule has 0 aromatic carbocycles. The number of halogens is 3. The van der Waals surface area contributed by atoms with Crippen LogP contribution in [0, 0.1) is 11.3 Å². The van der Waals surface area contributed by atoms with Crippen molar-refractivity contribution in [2.24, 2.45) is 11.3 Å². The maximum absolute atomic E-state index is 10.6. The first-order chi connectivity index (χ1) is 10.0. The van der Waals surface area contributed by atoms with E-state index in [0.717, 1.165) is 0 Å². The summed E-state index contributed by atoms with van der Waals surface area (Å²) < 4.78 is 20.0. The van der Waals surface area contributed by atoms with Gasteiger partial charge in [0.1, 0.15) is 12.2 Å². The van der Waals surface area contributed by atoms with E-state index in [2.05, 4.69) is 0 Å². The molecule has 1 aliphatic carbocycles. The molecule has 0 aromatic rings. The Kier molecular flexibility index (Phi) is 7.45. The van der Waals surface area contributed by atoms with Crippen LogP contribution in [0.25, 0.3) is 0 Å². The number of alkyl halides is 3. The van der Waals surface area contributed by atoms with E-state index in [-0.39, 0.29) is 5.92 Å². The lowest BCUT2D eigenvalue weighted by molar-refractivity contribution is -0.131. The van der Waals surface area contributed by atoms with Crippen LogP contribution in [0.5, 0.6) is 0 Å². The summed E-state index contributed by atoms with van der Waals surface area (Å²) in [4.78, 5) is 10.6. The summed E-state index contributed by atoms with van der Waals surface area (Å²) in [5, 5.41) is 0. The maximum Gasteiger partial charge on any atom is 0.327 e. The Bertz CT molecular complexity index is 433. The molecule has 1 saturated carbocycles. The first-order valence-corrected chi connectivity index (χ1v) is 10.5. The van der Waals surface area contributed by atoms with Crippen molar-refractivity contribution in [3.05, 3.63) is 0 Å². The smallest absolute Gasteiger partial charge is 0.327 e. The van der Waals surface area contributed by atoms with Crippen LogP contribution in [0.15, 0.2) is 0 Å². The van der Waals surface area contributed by atoms with Gasteiger partial charge in [0.2, 0.25) is 3.79 Å². The largest absolute Gasteiger partial charge is 0.464 e. The fourth-order valence-electron chi connectivity index (χ4n) is 2.38. The minimum atomic E-state index is -3.05. The second-order valence-electron chi connectivity index (χ2n) is 5.35. The van der Waals surface area contributed by atoms with Crippen molar-refractivity contribution in [2.45, 2.75) is 43.7 Å². The number of hydrogen-bond donors (Lipinski definition) is 0. The lowest BCUT2D eigenvalue weighted by atomic mass is 10.1. The van der Waals surface area contributed by atoms with Crippen LogP contribution in [-0.2, 0) is 34.9 Å². The van der Waals surface area contributed by atoms with E-state index < -0.39 is 28.1 Å². The lowest BCUT2D eigenvalue weighted by Gasteiger charge is -2.31. The van der Waals surface area contributed by atoms with E-state index in [9.17, 15) is 4.79 Å². The van der Waals surface area contributed by atoms with Gasteiger partial charge in [-0.05, 0) is 25.7 Å². The van der Waals surface area contributed by atoms with Gasteiger partial charge in [-0.2, -0.15) is 0 Å². The SMILES string of the molecule is CCOP(=S)(OCC)OC(C1C(OC=O)C1(C)C)C(Cl)(Cl)Cl. The minimum Gasteiger partial charge on any atom is -0.464 e. The second kappa shape index (κ2) is 7.83. The van der Waals surface area contributed by atoms with Crippen molar-refractivity contribution in [2.75, 3.05) is 13.2 Å². The average Bonchev–Trinajstić information content (AvgIpc) is 2.88. The Morgan fingerprint density at radius 3 is 2.14 bits per heavy atom. The Morgan fingerprint density at radius 2 is 1.77 bits per heavy atom. The summed E-state index contributed by atoms with van der Waals surface area (Å²) in [5.41, 5.74) is -0.395. The van der Waals surface area contributed by atoms with Crippen molar-refractivity contribution in [1.82, 2.24) is 0 Å². The van der Waals surface area contributed by atoms with Crippen molar-refractivity contribution in [3.63, 3.8) is 0 Å². The molecule has 22 heavy (non-hydrogen) atoms. The standard InChI is InChI=1S/C12H20Cl3O5PS/c1-5-18-21(22,19-6-2)20-10(12(13,14)15)8-9(17-7-16)11(8,3)4/h7-10H,5-6H2,1-4H3. The summed E-state index contributed by atoms with van der Waals surface area (Å²) in [6.07, 6.45) is -1.33. The lowest BCUT2D eigenvalue weighted by Crippen LogP contribution is -2.33. The summed E-state index contributed by atoms with van der Waals surface area (Å²) in [7, 11) is 0. The highest BCUT2D eigenvalue weighted by Gasteiger charge is 2.68. The number of ether oxygens (including phenoxy) is 1. The van der Waals surface area contributed by atoms with Gasteiger partial charge in [0, 0.05) is 11.3 Å². The summed E-state index contributed by atoms with van der Waals surface area (Å²) in [6.45, 7) is 5.28. The van der Waals surface area contributed by atoms with Crippen LogP contribution < -0.4 is 0 Å². The zero-order valence-corrected chi connectivity index (χ0v) is 16.7. The molecule has 0 bridgehead atoms. The van der Waals surface area contributed by atoms with Crippen LogP contribution in [-0.4, -0.2) is 35.7 Å². The van der Waals surface area contributed by atoms with Gasteiger partial charge in [0.05, 0.1) is 13.2 Å². The topological polar surface area (TPSA) is 54.0 Å². The first-order valence-electron chi connectivity index (χ1n) is 6.76. The van der Waals surface area contributed by atoms with Crippen LogP contribution >= 0.6 is 41.5 Å². The molecular formula is C12H20Cl3O5PS. The third-order valence-electron chi connectivity index (χ3n) is 3.48.